The summed E-state index contributed by atoms with van der Waals surface area (Å²) in [5.74, 6) is 1.04. The van der Waals surface area contributed by atoms with E-state index in [1.807, 2.05) is 4.90 Å². The third kappa shape index (κ3) is 3.89. The summed E-state index contributed by atoms with van der Waals surface area (Å²) in [5.41, 5.74) is 1.78. The highest BCUT2D eigenvalue weighted by Gasteiger charge is 2.18. The van der Waals surface area contributed by atoms with Crippen LogP contribution in [0.4, 0.5) is 5.69 Å². The lowest BCUT2D eigenvalue weighted by molar-refractivity contribution is 0.0761. The van der Waals surface area contributed by atoms with Gasteiger partial charge in [0, 0.05) is 29.9 Å². The van der Waals surface area contributed by atoms with Crippen LogP contribution in [-0.2, 0) is 0 Å². The largest absolute Gasteiger partial charge is 0.454 e. The number of fused-ring (bicyclic) bond motifs is 1. The number of rotatable bonds is 3. The Morgan fingerprint density at radius 2 is 1.48 bits per heavy atom. The van der Waals surface area contributed by atoms with Gasteiger partial charge in [-0.05, 0) is 55.3 Å². The smallest absolute Gasteiger partial charge is 0.255 e. The molecule has 2 aliphatic rings. The molecule has 0 bridgehead atoms. The number of ether oxygens (including phenoxy) is 2. The zero-order chi connectivity index (χ0) is 18.6. The van der Waals surface area contributed by atoms with E-state index in [0.29, 0.717) is 28.3 Å². The minimum absolute atomic E-state index is 0.0607. The van der Waals surface area contributed by atoms with Crippen molar-refractivity contribution in [3.8, 4) is 11.5 Å². The van der Waals surface area contributed by atoms with E-state index in [-0.39, 0.29) is 18.6 Å². The van der Waals surface area contributed by atoms with Gasteiger partial charge in [-0.15, -0.1) is 0 Å². The van der Waals surface area contributed by atoms with E-state index >= 15 is 0 Å². The molecule has 2 aliphatic heterocycles. The zero-order valence-electron chi connectivity index (χ0n) is 15.1. The van der Waals surface area contributed by atoms with Crippen molar-refractivity contribution in [3.63, 3.8) is 0 Å². The van der Waals surface area contributed by atoms with Crippen molar-refractivity contribution >= 4 is 17.5 Å². The fourth-order valence-electron chi connectivity index (χ4n) is 3.39. The fourth-order valence-corrected chi connectivity index (χ4v) is 3.39. The lowest BCUT2D eigenvalue weighted by Gasteiger charge is -2.20. The van der Waals surface area contributed by atoms with Gasteiger partial charge in [0.1, 0.15) is 0 Å². The zero-order valence-corrected chi connectivity index (χ0v) is 15.1. The molecular formula is C21H22N2O4. The summed E-state index contributed by atoms with van der Waals surface area (Å²) >= 11 is 0. The topological polar surface area (TPSA) is 67.9 Å². The van der Waals surface area contributed by atoms with E-state index in [4.69, 9.17) is 9.47 Å². The molecule has 6 heteroatoms. The van der Waals surface area contributed by atoms with Crippen LogP contribution in [0.3, 0.4) is 0 Å². The Hall–Kier alpha value is -3.02. The second-order valence-electron chi connectivity index (χ2n) is 6.81. The van der Waals surface area contributed by atoms with Gasteiger partial charge in [-0.2, -0.15) is 0 Å². The van der Waals surface area contributed by atoms with Gasteiger partial charge in [-0.1, -0.05) is 12.8 Å². The Labute approximate surface area is 158 Å². The highest BCUT2D eigenvalue weighted by Crippen LogP contribution is 2.32. The molecule has 1 fully saturated rings. The normalized spacial score (nSPS) is 15.9. The van der Waals surface area contributed by atoms with Gasteiger partial charge in [0.2, 0.25) is 6.79 Å². The number of likely N-dealkylation sites (tertiary alicyclic amines) is 1. The van der Waals surface area contributed by atoms with E-state index in [0.717, 1.165) is 25.9 Å². The van der Waals surface area contributed by atoms with Gasteiger partial charge in [0.25, 0.3) is 11.8 Å². The molecule has 0 radical (unpaired) electrons. The van der Waals surface area contributed by atoms with Crippen LogP contribution in [-0.4, -0.2) is 36.6 Å². The number of benzene rings is 2. The molecule has 140 valence electrons. The number of carbonyl (C=O) groups excluding carboxylic acids is 2. The summed E-state index contributed by atoms with van der Waals surface area (Å²) in [6.07, 6.45) is 4.51. The molecule has 1 saturated heterocycles. The molecule has 0 atom stereocenters. The number of hydrogen-bond acceptors (Lipinski definition) is 4. The fraction of sp³-hybridized carbons (Fsp3) is 0.333. The second kappa shape index (κ2) is 7.70. The summed E-state index contributed by atoms with van der Waals surface area (Å²) in [6, 6.07) is 12.1. The molecule has 2 heterocycles. The van der Waals surface area contributed by atoms with Gasteiger partial charge >= 0.3 is 0 Å². The summed E-state index contributed by atoms with van der Waals surface area (Å²) in [5, 5.41) is 2.84. The number of hydrogen-bond donors (Lipinski definition) is 1. The number of nitrogens with zero attached hydrogens (tertiary/aromatic N) is 1. The maximum Gasteiger partial charge on any atom is 0.255 e. The average molecular weight is 366 g/mol. The Bertz CT molecular complexity index is 840. The van der Waals surface area contributed by atoms with Crippen molar-refractivity contribution in [2.24, 2.45) is 0 Å². The summed E-state index contributed by atoms with van der Waals surface area (Å²) < 4.78 is 10.6. The van der Waals surface area contributed by atoms with Crippen LogP contribution in [0, 0.1) is 0 Å². The molecule has 0 spiro atoms. The minimum Gasteiger partial charge on any atom is -0.454 e. The summed E-state index contributed by atoms with van der Waals surface area (Å²) in [7, 11) is 0. The Morgan fingerprint density at radius 1 is 0.815 bits per heavy atom. The van der Waals surface area contributed by atoms with Crippen molar-refractivity contribution in [1.29, 1.82) is 0 Å². The SMILES string of the molecule is O=C(Nc1ccc(C(=O)N2CCCCCC2)cc1)c1ccc2c(c1)OCO2. The molecule has 0 saturated carbocycles. The third-order valence-electron chi connectivity index (χ3n) is 4.92. The third-order valence-corrected chi connectivity index (χ3v) is 4.92. The molecule has 0 aliphatic carbocycles. The first-order valence-electron chi connectivity index (χ1n) is 9.31. The lowest BCUT2D eigenvalue weighted by atomic mass is 10.1. The van der Waals surface area contributed by atoms with Crippen LogP contribution in [0.15, 0.2) is 42.5 Å². The van der Waals surface area contributed by atoms with Crippen LogP contribution in [0.2, 0.25) is 0 Å². The molecule has 6 nitrogen and oxygen atoms in total. The van der Waals surface area contributed by atoms with Crippen LogP contribution in [0.1, 0.15) is 46.4 Å². The molecule has 4 rings (SSSR count). The Morgan fingerprint density at radius 3 is 2.22 bits per heavy atom. The highest BCUT2D eigenvalue weighted by molar-refractivity contribution is 6.05. The summed E-state index contributed by atoms with van der Waals surface area (Å²) in [6.45, 7) is 1.82. The average Bonchev–Trinajstić information content (AvgIpc) is 3.00. The van der Waals surface area contributed by atoms with E-state index in [1.165, 1.54) is 12.8 Å². The number of carbonyl (C=O) groups is 2. The second-order valence-corrected chi connectivity index (χ2v) is 6.81. The standard InChI is InChI=1S/C21H22N2O4/c24-20(16-7-10-18-19(13-16)27-14-26-18)22-17-8-5-15(6-9-17)21(25)23-11-3-1-2-4-12-23/h5-10,13H,1-4,11-12,14H2,(H,22,24). The number of amides is 2. The van der Waals surface area contributed by atoms with Crippen molar-refractivity contribution in [1.82, 2.24) is 4.90 Å². The first-order chi connectivity index (χ1) is 13.2. The monoisotopic (exact) mass is 366 g/mol. The molecule has 27 heavy (non-hydrogen) atoms. The van der Waals surface area contributed by atoms with Crippen molar-refractivity contribution in [3.05, 3.63) is 53.6 Å². The van der Waals surface area contributed by atoms with Crippen LogP contribution in [0.5, 0.6) is 11.5 Å². The molecule has 0 unspecified atom stereocenters. The maximum absolute atomic E-state index is 12.6. The first-order valence-corrected chi connectivity index (χ1v) is 9.31. The van der Waals surface area contributed by atoms with Crippen molar-refractivity contribution in [2.45, 2.75) is 25.7 Å². The molecule has 2 aromatic carbocycles. The van der Waals surface area contributed by atoms with Crippen LogP contribution < -0.4 is 14.8 Å². The van der Waals surface area contributed by atoms with E-state index < -0.39 is 0 Å². The van der Waals surface area contributed by atoms with Gasteiger partial charge < -0.3 is 19.7 Å². The van der Waals surface area contributed by atoms with Gasteiger partial charge in [0.05, 0.1) is 0 Å². The maximum atomic E-state index is 12.6. The lowest BCUT2D eigenvalue weighted by Crippen LogP contribution is -2.31. The van der Waals surface area contributed by atoms with E-state index in [1.54, 1.807) is 42.5 Å². The van der Waals surface area contributed by atoms with Gasteiger partial charge in [-0.3, -0.25) is 9.59 Å². The van der Waals surface area contributed by atoms with Gasteiger partial charge in [-0.25, -0.2) is 0 Å². The molecule has 1 N–H and O–H groups in total. The number of anilines is 1. The van der Waals surface area contributed by atoms with Crippen molar-refractivity contribution in [2.75, 3.05) is 25.2 Å². The number of nitrogens with one attached hydrogen (secondary N) is 1. The molecule has 0 aromatic heterocycles. The molecule has 2 amide bonds. The highest BCUT2D eigenvalue weighted by atomic mass is 16.7. The van der Waals surface area contributed by atoms with Crippen LogP contribution in [0.25, 0.3) is 0 Å². The minimum atomic E-state index is -0.236. The van der Waals surface area contributed by atoms with E-state index in [9.17, 15) is 9.59 Å². The van der Waals surface area contributed by atoms with Crippen molar-refractivity contribution < 1.29 is 19.1 Å². The molecule has 2 aromatic rings. The van der Waals surface area contributed by atoms with Crippen LogP contribution >= 0.6 is 0 Å². The Kier molecular flexibility index (Phi) is 4.96. The predicted octanol–water partition coefficient (Wildman–Crippen LogP) is 3.68. The van der Waals surface area contributed by atoms with E-state index in [2.05, 4.69) is 5.32 Å². The Balaban J connectivity index is 1.41. The summed E-state index contributed by atoms with van der Waals surface area (Å²) in [4.78, 5) is 27.0. The quantitative estimate of drug-likeness (QED) is 0.900. The van der Waals surface area contributed by atoms with Gasteiger partial charge in [0.15, 0.2) is 11.5 Å². The predicted molar refractivity (Wildman–Crippen MR) is 101 cm³/mol. The first kappa shape index (κ1) is 17.4. The molecular weight excluding hydrogens is 344 g/mol.